The fourth-order valence-corrected chi connectivity index (χ4v) is 2.31. The van der Waals surface area contributed by atoms with Gasteiger partial charge in [-0.05, 0) is 13.1 Å². The third kappa shape index (κ3) is 1.94. The Labute approximate surface area is 90.2 Å². The van der Waals surface area contributed by atoms with Crippen LogP contribution < -0.4 is 10.3 Å². The molecule has 0 spiro atoms. The van der Waals surface area contributed by atoms with E-state index in [0.29, 0.717) is 12.1 Å². The maximum absolute atomic E-state index is 11.1. The van der Waals surface area contributed by atoms with Crippen LogP contribution in [0.3, 0.4) is 0 Å². The van der Waals surface area contributed by atoms with E-state index in [9.17, 15) is 9.90 Å². The molecule has 0 fully saturated rings. The fraction of sp³-hybridized carbons (Fsp3) is 0.300. The lowest BCUT2D eigenvalue weighted by atomic mass is 10.1. The molecule has 80 valence electrons. The van der Waals surface area contributed by atoms with E-state index >= 15 is 0 Å². The lowest BCUT2D eigenvalue weighted by Crippen LogP contribution is -2.16. The highest BCUT2D eigenvalue weighted by molar-refractivity contribution is 7.16. The zero-order chi connectivity index (χ0) is 10.8. The second-order valence-corrected chi connectivity index (χ2v) is 4.15. The third-order valence-electron chi connectivity index (χ3n) is 2.14. The van der Waals surface area contributed by atoms with Gasteiger partial charge in [0.05, 0.1) is 10.8 Å². The van der Waals surface area contributed by atoms with Gasteiger partial charge in [-0.1, -0.05) is 23.5 Å². The Morgan fingerprint density at radius 2 is 2.40 bits per heavy atom. The van der Waals surface area contributed by atoms with Crippen LogP contribution in [0.25, 0.3) is 10.3 Å². The van der Waals surface area contributed by atoms with Crippen molar-refractivity contribution in [2.45, 2.75) is 6.10 Å². The molecule has 0 saturated carbocycles. The van der Waals surface area contributed by atoms with Crippen LogP contribution in [0.15, 0.2) is 27.4 Å². The minimum absolute atomic E-state index is 0.339. The highest BCUT2D eigenvalue weighted by Crippen LogP contribution is 2.26. The molecule has 1 heterocycles. The van der Waals surface area contributed by atoms with Crippen molar-refractivity contribution < 1.29 is 9.52 Å². The minimum atomic E-state index is -0.619. The van der Waals surface area contributed by atoms with E-state index < -0.39 is 6.10 Å². The lowest BCUT2D eigenvalue weighted by molar-refractivity contribution is 0.179. The molecule has 2 rings (SSSR count). The topological polar surface area (TPSA) is 62.5 Å². The molecule has 0 aliphatic carbocycles. The Bertz CT molecular complexity index is 517. The van der Waals surface area contributed by atoms with Gasteiger partial charge >= 0.3 is 4.94 Å². The first kappa shape index (κ1) is 10.4. The van der Waals surface area contributed by atoms with Gasteiger partial charge in [0.2, 0.25) is 0 Å². The quantitative estimate of drug-likeness (QED) is 0.821. The van der Waals surface area contributed by atoms with E-state index in [1.54, 1.807) is 25.2 Å². The Kier molecular flexibility index (Phi) is 2.86. The second kappa shape index (κ2) is 4.14. The Balaban J connectivity index is 2.54. The number of rotatable bonds is 3. The van der Waals surface area contributed by atoms with Crippen molar-refractivity contribution in [3.63, 3.8) is 0 Å². The van der Waals surface area contributed by atoms with Gasteiger partial charge in [0, 0.05) is 12.1 Å². The summed E-state index contributed by atoms with van der Waals surface area (Å²) in [7, 11) is 1.77. The van der Waals surface area contributed by atoms with Crippen LogP contribution >= 0.6 is 11.3 Å². The summed E-state index contributed by atoms with van der Waals surface area (Å²) in [5.74, 6) is 0. The van der Waals surface area contributed by atoms with Gasteiger partial charge < -0.3 is 14.8 Å². The molecule has 1 aromatic heterocycles. The Hall–Kier alpha value is -1.17. The number of aliphatic hydroxyl groups is 1. The van der Waals surface area contributed by atoms with E-state index in [4.69, 9.17) is 4.42 Å². The SMILES string of the molecule is CNCC(O)c1cccc2oc(=O)sc12. The van der Waals surface area contributed by atoms with Gasteiger partial charge in [0.15, 0.2) is 0 Å². The van der Waals surface area contributed by atoms with Crippen LogP contribution in [0.2, 0.25) is 0 Å². The minimum Gasteiger partial charge on any atom is -0.414 e. The van der Waals surface area contributed by atoms with Crippen molar-refractivity contribution in [3.8, 4) is 0 Å². The fourth-order valence-electron chi connectivity index (χ4n) is 1.48. The summed E-state index contributed by atoms with van der Waals surface area (Å²) in [5.41, 5.74) is 1.27. The van der Waals surface area contributed by atoms with E-state index in [0.717, 1.165) is 21.6 Å². The first-order valence-electron chi connectivity index (χ1n) is 4.57. The average molecular weight is 225 g/mol. The molecule has 0 saturated heterocycles. The number of hydrogen-bond acceptors (Lipinski definition) is 5. The first-order chi connectivity index (χ1) is 7.22. The molecule has 0 aliphatic heterocycles. The van der Waals surface area contributed by atoms with Gasteiger partial charge in [-0.25, -0.2) is 4.79 Å². The monoisotopic (exact) mass is 225 g/mol. The van der Waals surface area contributed by atoms with Crippen molar-refractivity contribution in [2.24, 2.45) is 0 Å². The molecule has 0 radical (unpaired) electrons. The Morgan fingerprint density at radius 3 is 3.13 bits per heavy atom. The summed E-state index contributed by atoms with van der Waals surface area (Å²) in [6.45, 7) is 0.450. The summed E-state index contributed by atoms with van der Waals surface area (Å²) in [4.78, 5) is 10.7. The van der Waals surface area contributed by atoms with Crippen molar-refractivity contribution in [1.29, 1.82) is 0 Å². The van der Waals surface area contributed by atoms with E-state index in [2.05, 4.69) is 5.32 Å². The molecule has 2 N–H and O–H groups in total. The van der Waals surface area contributed by atoms with Gasteiger partial charge in [-0.2, -0.15) is 0 Å². The zero-order valence-corrected chi connectivity index (χ0v) is 9.00. The van der Waals surface area contributed by atoms with Gasteiger partial charge in [0.25, 0.3) is 0 Å². The molecule has 5 heteroatoms. The van der Waals surface area contributed by atoms with Crippen LogP contribution in [-0.4, -0.2) is 18.7 Å². The molecule has 1 atom stereocenters. The number of nitrogens with one attached hydrogen (secondary N) is 1. The summed E-state index contributed by atoms with van der Waals surface area (Å²) in [6.07, 6.45) is -0.619. The van der Waals surface area contributed by atoms with Crippen LogP contribution in [0.5, 0.6) is 0 Å². The zero-order valence-electron chi connectivity index (χ0n) is 8.19. The van der Waals surface area contributed by atoms with Gasteiger partial charge in [0.1, 0.15) is 5.58 Å². The Morgan fingerprint density at radius 1 is 1.60 bits per heavy atom. The van der Waals surface area contributed by atoms with Crippen molar-refractivity contribution >= 4 is 21.6 Å². The number of fused-ring (bicyclic) bond motifs is 1. The van der Waals surface area contributed by atoms with Crippen molar-refractivity contribution in [1.82, 2.24) is 5.32 Å². The van der Waals surface area contributed by atoms with Crippen LogP contribution in [-0.2, 0) is 0 Å². The van der Waals surface area contributed by atoms with Gasteiger partial charge in [-0.3, -0.25) is 0 Å². The highest BCUT2D eigenvalue weighted by Gasteiger charge is 2.13. The molecule has 0 amide bonds. The smallest absolute Gasteiger partial charge is 0.396 e. The summed E-state index contributed by atoms with van der Waals surface area (Å²) in [5, 5.41) is 12.7. The maximum atomic E-state index is 11.1. The van der Waals surface area contributed by atoms with Gasteiger partial charge in [-0.15, -0.1) is 0 Å². The molecule has 15 heavy (non-hydrogen) atoms. The number of benzene rings is 1. The molecular formula is C10H11NO3S. The van der Waals surface area contributed by atoms with Crippen LogP contribution in [0, 0.1) is 0 Å². The first-order valence-corrected chi connectivity index (χ1v) is 5.39. The normalized spacial score (nSPS) is 13.2. The predicted octanol–water partition coefficient (Wildman–Crippen LogP) is 1.11. The number of hydrogen-bond donors (Lipinski definition) is 2. The van der Waals surface area contributed by atoms with E-state index in [1.807, 2.05) is 0 Å². The van der Waals surface area contributed by atoms with Crippen molar-refractivity contribution in [3.05, 3.63) is 33.5 Å². The van der Waals surface area contributed by atoms with E-state index in [-0.39, 0.29) is 4.94 Å². The predicted molar refractivity (Wildman–Crippen MR) is 59.2 cm³/mol. The highest BCUT2D eigenvalue weighted by atomic mass is 32.1. The second-order valence-electron chi connectivity index (χ2n) is 3.20. The largest absolute Gasteiger partial charge is 0.414 e. The average Bonchev–Trinajstić information content (AvgIpc) is 2.57. The molecule has 1 unspecified atom stereocenters. The number of aliphatic hydroxyl groups excluding tert-OH is 1. The standard InChI is InChI=1S/C10H11NO3S/c1-11-5-7(12)6-3-2-4-8-9(6)15-10(13)14-8/h2-4,7,11-12H,5H2,1H3. The third-order valence-corrected chi connectivity index (χ3v) is 3.04. The van der Waals surface area contributed by atoms with E-state index in [1.165, 1.54) is 0 Å². The maximum Gasteiger partial charge on any atom is 0.396 e. The lowest BCUT2D eigenvalue weighted by Gasteiger charge is -2.09. The molecular weight excluding hydrogens is 214 g/mol. The number of likely N-dealkylation sites (N-methyl/N-ethyl adjacent to an activating group) is 1. The summed E-state index contributed by atoms with van der Waals surface area (Å²) < 4.78 is 5.70. The molecule has 1 aromatic carbocycles. The molecule has 0 aliphatic rings. The van der Waals surface area contributed by atoms with Crippen LogP contribution in [0.1, 0.15) is 11.7 Å². The summed E-state index contributed by atoms with van der Waals surface area (Å²) in [6, 6.07) is 5.30. The van der Waals surface area contributed by atoms with Crippen molar-refractivity contribution in [2.75, 3.05) is 13.6 Å². The molecule has 0 bridgehead atoms. The van der Waals surface area contributed by atoms with Crippen LogP contribution in [0.4, 0.5) is 0 Å². The molecule has 2 aromatic rings. The molecule has 4 nitrogen and oxygen atoms in total. The summed E-state index contributed by atoms with van der Waals surface area (Å²) >= 11 is 1.02.